The van der Waals surface area contributed by atoms with Crippen LogP contribution in [0, 0.1) is 6.92 Å². The molecule has 0 radical (unpaired) electrons. The summed E-state index contributed by atoms with van der Waals surface area (Å²) in [7, 11) is 0. The molecular formula is C8H8ClN5O. The van der Waals surface area contributed by atoms with Crippen LogP contribution in [0.5, 0.6) is 0 Å². The summed E-state index contributed by atoms with van der Waals surface area (Å²) in [6.45, 7) is 5.13. The van der Waals surface area contributed by atoms with E-state index in [1.807, 2.05) is 0 Å². The number of halogens is 1. The largest absolute Gasteiger partial charge is 0.290 e. The number of aromatic nitrogens is 4. The highest BCUT2D eigenvalue weighted by molar-refractivity contribution is 6.34. The highest BCUT2D eigenvalue weighted by Crippen LogP contribution is 2.20. The Labute approximate surface area is 89.9 Å². The van der Waals surface area contributed by atoms with Gasteiger partial charge in [-0.1, -0.05) is 18.2 Å². The van der Waals surface area contributed by atoms with E-state index in [2.05, 4.69) is 27.1 Å². The molecule has 15 heavy (non-hydrogen) atoms. The van der Waals surface area contributed by atoms with Crippen LogP contribution >= 0.6 is 11.6 Å². The number of hydrogen-bond donors (Lipinski definition) is 2. The van der Waals surface area contributed by atoms with Gasteiger partial charge in [0.15, 0.2) is 5.65 Å². The molecule has 78 valence electrons. The van der Waals surface area contributed by atoms with E-state index >= 15 is 0 Å². The van der Waals surface area contributed by atoms with Gasteiger partial charge in [0.2, 0.25) is 5.91 Å². The summed E-state index contributed by atoms with van der Waals surface area (Å²) >= 11 is 5.94. The summed E-state index contributed by atoms with van der Waals surface area (Å²) < 4.78 is 1.40. The zero-order valence-corrected chi connectivity index (χ0v) is 8.67. The molecule has 0 bridgehead atoms. The Morgan fingerprint density at radius 2 is 2.47 bits per heavy atom. The quantitative estimate of drug-likeness (QED) is 0.753. The second-order valence-corrected chi connectivity index (χ2v) is 3.29. The number of carbonyl (C=O) groups excluding carboxylic acids is 1. The molecule has 0 fully saturated rings. The number of H-pyrrole nitrogens is 1. The van der Waals surface area contributed by atoms with E-state index in [4.69, 9.17) is 11.6 Å². The summed E-state index contributed by atoms with van der Waals surface area (Å²) in [4.78, 5) is 15.0. The van der Waals surface area contributed by atoms with E-state index in [9.17, 15) is 4.79 Å². The molecule has 2 aromatic rings. The van der Waals surface area contributed by atoms with Crippen LogP contribution in [0.3, 0.4) is 0 Å². The zero-order valence-electron chi connectivity index (χ0n) is 7.91. The van der Waals surface area contributed by atoms with Crippen molar-refractivity contribution >= 4 is 29.1 Å². The van der Waals surface area contributed by atoms with Crippen molar-refractivity contribution in [1.29, 1.82) is 0 Å². The summed E-state index contributed by atoms with van der Waals surface area (Å²) in [6, 6.07) is 0. The van der Waals surface area contributed by atoms with Gasteiger partial charge in [0, 0.05) is 0 Å². The van der Waals surface area contributed by atoms with Crippen LogP contribution in [-0.4, -0.2) is 25.7 Å². The third kappa shape index (κ3) is 1.59. The number of fused-ring (bicyclic) bond motifs is 1. The van der Waals surface area contributed by atoms with Crippen molar-refractivity contribution in [3.63, 3.8) is 0 Å². The average molecular weight is 226 g/mol. The van der Waals surface area contributed by atoms with Gasteiger partial charge in [0.25, 0.3) is 5.95 Å². The van der Waals surface area contributed by atoms with Gasteiger partial charge in [0.1, 0.15) is 5.02 Å². The standard InChI is InChI=1S/C8H8ClN5O/c1-3-5(15)10-8-11-7-6(9)4(2)12-14(7)13-8/h3,12H,1H2,2H3,(H,10,13,15). The van der Waals surface area contributed by atoms with Crippen molar-refractivity contribution in [2.24, 2.45) is 0 Å². The van der Waals surface area contributed by atoms with Crippen molar-refractivity contribution in [1.82, 2.24) is 19.8 Å². The molecule has 0 aliphatic rings. The number of carbonyl (C=O) groups is 1. The highest BCUT2D eigenvalue weighted by atomic mass is 35.5. The predicted molar refractivity (Wildman–Crippen MR) is 55.9 cm³/mol. The molecule has 2 aromatic heterocycles. The lowest BCUT2D eigenvalue weighted by molar-refractivity contribution is -0.111. The summed E-state index contributed by atoms with van der Waals surface area (Å²) in [5, 5.41) is 9.76. The molecule has 2 heterocycles. The van der Waals surface area contributed by atoms with Gasteiger partial charge in [0.05, 0.1) is 5.69 Å². The summed E-state index contributed by atoms with van der Waals surface area (Å²) in [5.74, 6) is -0.177. The minimum absolute atomic E-state index is 0.188. The SMILES string of the molecule is C=CC(=O)Nc1nc2c(Cl)c(C)[nH]n2n1. The fourth-order valence-corrected chi connectivity index (χ4v) is 1.29. The first-order chi connectivity index (χ1) is 7.11. The molecule has 0 saturated carbocycles. The Bertz CT molecular complexity index is 540. The maximum Gasteiger partial charge on any atom is 0.251 e. The van der Waals surface area contributed by atoms with Crippen LogP contribution in [0.15, 0.2) is 12.7 Å². The Morgan fingerprint density at radius 3 is 3.07 bits per heavy atom. The first kappa shape index (κ1) is 9.72. The van der Waals surface area contributed by atoms with Crippen LogP contribution in [0.1, 0.15) is 5.69 Å². The Balaban J connectivity index is 2.40. The average Bonchev–Trinajstić information content (AvgIpc) is 2.68. The number of anilines is 1. The minimum atomic E-state index is -0.365. The third-order valence-electron chi connectivity index (χ3n) is 1.83. The van der Waals surface area contributed by atoms with Crippen molar-refractivity contribution in [2.45, 2.75) is 6.92 Å². The number of nitrogens with zero attached hydrogens (tertiary/aromatic N) is 3. The number of aryl methyl sites for hydroxylation is 1. The minimum Gasteiger partial charge on any atom is -0.290 e. The third-order valence-corrected chi connectivity index (χ3v) is 2.28. The number of hydrogen-bond acceptors (Lipinski definition) is 3. The first-order valence-corrected chi connectivity index (χ1v) is 4.54. The summed E-state index contributed by atoms with van der Waals surface area (Å²) in [6.07, 6.45) is 1.14. The van der Waals surface area contributed by atoms with E-state index in [-0.39, 0.29) is 11.9 Å². The van der Waals surface area contributed by atoms with Gasteiger partial charge in [-0.2, -0.15) is 9.61 Å². The van der Waals surface area contributed by atoms with E-state index < -0.39 is 0 Å². The van der Waals surface area contributed by atoms with Crippen molar-refractivity contribution in [3.8, 4) is 0 Å². The number of rotatable bonds is 2. The highest BCUT2D eigenvalue weighted by Gasteiger charge is 2.12. The van der Waals surface area contributed by atoms with Gasteiger partial charge in [-0.15, -0.1) is 5.10 Å². The van der Waals surface area contributed by atoms with Gasteiger partial charge in [-0.05, 0) is 13.0 Å². The van der Waals surface area contributed by atoms with Crippen LogP contribution in [-0.2, 0) is 4.79 Å². The topological polar surface area (TPSA) is 75.1 Å². The Morgan fingerprint density at radius 1 is 1.73 bits per heavy atom. The predicted octanol–water partition coefficient (Wildman–Crippen LogP) is 1.14. The van der Waals surface area contributed by atoms with Gasteiger partial charge in [-0.25, -0.2) is 0 Å². The second kappa shape index (κ2) is 3.39. The Hall–Kier alpha value is -1.82. The Kier molecular flexibility index (Phi) is 2.20. The molecule has 2 N–H and O–H groups in total. The fraction of sp³-hybridized carbons (Fsp3) is 0.125. The summed E-state index contributed by atoms with van der Waals surface area (Å²) in [5.41, 5.74) is 1.25. The van der Waals surface area contributed by atoms with Crippen LogP contribution in [0.2, 0.25) is 5.02 Å². The van der Waals surface area contributed by atoms with E-state index in [0.29, 0.717) is 10.7 Å². The van der Waals surface area contributed by atoms with Gasteiger partial charge in [-0.3, -0.25) is 15.2 Å². The van der Waals surface area contributed by atoms with Gasteiger partial charge < -0.3 is 0 Å². The maximum absolute atomic E-state index is 11.0. The second-order valence-electron chi connectivity index (χ2n) is 2.91. The monoisotopic (exact) mass is 225 g/mol. The molecule has 0 aliphatic carbocycles. The molecule has 0 aromatic carbocycles. The van der Waals surface area contributed by atoms with E-state index in [1.54, 1.807) is 6.92 Å². The number of nitrogens with one attached hydrogen (secondary N) is 2. The molecule has 0 atom stereocenters. The van der Waals surface area contributed by atoms with Crippen LogP contribution < -0.4 is 5.32 Å². The van der Waals surface area contributed by atoms with E-state index in [0.717, 1.165) is 11.8 Å². The van der Waals surface area contributed by atoms with Crippen molar-refractivity contribution in [2.75, 3.05) is 5.32 Å². The zero-order chi connectivity index (χ0) is 11.0. The molecule has 6 nitrogen and oxygen atoms in total. The van der Waals surface area contributed by atoms with Crippen LogP contribution in [0.25, 0.3) is 5.65 Å². The molecule has 0 spiro atoms. The van der Waals surface area contributed by atoms with Crippen molar-refractivity contribution in [3.05, 3.63) is 23.4 Å². The van der Waals surface area contributed by atoms with E-state index in [1.165, 1.54) is 4.63 Å². The molecule has 2 rings (SSSR count). The molecule has 0 saturated heterocycles. The first-order valence-electron chi connectivity index (χ1n) is 4.16. The fourth-order valence-electron chi connectivity index (χ4n) is 1.12. The molecule has 0 unspecified atom stereocenters. The lowest BCUT2D eigenvalue weighted by Gasteiger charge is -1.92. The van der Waals surface area contributed by atoms with Gasteiger partial charge >= 0.3 is 0 Å². The lowest BCUT2D eigenvalue weighted by Crippen LogP contribution is -2.08. The normalized spacial score (nSPS) is 10.5. The number of amides is 1. The van der Waals surface area contributed by atoms with Crippen molar-refractivity contribution < 1.29 is 4.79 Å². The molecular weight excluding hydrogens is 218 g/mol. The lowest BCUT2D eigenvalue weighted by atomic mass is 10.5. The molecule has 7 heteroatoms. The molecule has 1 amide bonds. The maximum atomic E-state index is 11.0. The van der Waals surface area contributed by atoms with Crippen LogP contribution in [0.4, 0.5) is 5.95 Å². The smallest absolute Gasteiger partial charge is 0.251 e. The molecule has 0 aliphatic heterocycles. The number of aromatic amines is 1.